The van der Waals surface area contributed by atoms with Crippen molar-refractivity contribution >= 4 is 43.6 Å². The molecule has 0 bridgehead atoms. The summed E-state index contributed by atoms with van der Waals surface area (Å²) < 4.78 is 46.1. The Morgan fingerprint density at radius 3 is 1.70 bits per heavy atom. The molecule has 0 amide bonds. The van der Waals surface area contributed by atoms with Gasteiger partial charge in [-0.05, 0) is 104 Å². The van der Waals surface area contributed by atoms with Gasteiger partial charge in [0.05, 0.1) is 56.6 Å². The Hall–Kier alpha value is -7.09. The highest BCUT2D eigenvalue weighted by Crippen LogP contribution is 2.44. The second-order valence-electron chi connectivity index (χ2n) is 13.7. The maximum absolute atomic E-state index is 13.9. The van der Waals surface area contributed by atoms with Gasteiger partial charge in [0, 0.05) is 38.4 Å². The van der Waals surface area contributed by atoms with Gasteiger partial charge in [0.25, 0.3) is 0 Å². The number of aromatic nitrogens is 2. The van der Waals surface area contributed by atoms with Gasteiger partial charge < -0.3 is 9.13 Å². The van der Waals surface area contributed by atoms with Crippen molar-refractivity contribution in [1.82, 2.24) is 9.13 Å². The van der Waals surface area contributed by atoms with Gasteiger partial charge in [-0.15, -0.1) is 0 Å². The minimum absolute atomic E-state index is 0.100. The molecule has 0 aliphatic heterocycles. The molecule has 9 rings (SSSR count). The zero-order chi connectivity index (χ0) is 37.3. The summed E-state index contributed by atoms with van der Waals surface area (Å²) in [4.78, 5) is 0. The summed E-state index contributed by atoms with van der Waals surface area (Å²) in [6.07, 6.45) is -4.62. The molecule has 0 saturated heterocycles. The van der Waals surface area contributed by atoms with Crippen LogP contribution in [0.5, 0.6) is 0 Å². The van der Waals surface area contributed by atoms with E-state index in [1.165, 1.54) is 6.07 Å². The first-order valence-electron chi connectivity index (χ1n) is 17.5. The molecule has 0 aliphatic carbocycles. The number of fused-ring (bicyclic) bond motifs is 6. The predicted octanol–water partition coefficient (Wildman–Crippen LogP) is 12.6. The first-order valence-corrected chi connectivity index (χ1v) is 17.5. The quantitative estimate of drug-likeness (QED) is 0.183. The molecule has 0 spiro atoms. The third-order valence-electron chi connectivity index (χ3n) is 10.3. The number of halogens is 3. The minimum Gasteiger partial charge on any atom is -0.309 e. The summed E-state index contributed by atoms with van der Waals surface area (Å²) in [5.74, 6) is 0. The lowest BCUT2D eigenvalue weighted by molar-refractivity contribution is -0.137. The SMILES string of the molecule is Cc1ccc2c(c1)c1ccccc1n2-c1ccc(-c2ccc(C(F)(F)F)cc2C#N)c(-c2cc(C#N)ccc2-n2c3ccccc3c3cc(C)ccc32)c1. The van der Waals surface area contributed by atoms with Crippen LogP contribution in [0.15, 0.2) is 140 Å². The van der Waals surface area contributed by atoms with E-state index in [4.69, 9.17) is 0 Å². The monoisotopic (exact) mass is 706 g/mol. The van der Waals surface area contributed by atoms with E-state index in [2.05, 4.69) is 89.7 Å². The second-order valence-corrected chi connectivity index (χ2v) is 13.7. The molecular formula is C47H29F3N4. The summed E-state index contributed by atoms with van der Waals surface area (Å²) >= 11 is 0. The predicted molar refractivity (Wildman–Crippen MR) is 210 cm³/mol. The number of nitrogens with zero attached hydrogens (tertiary/aromatic N) is 4. The van der Waals surface area contributed by atoms with Crippen molar-refractivity contribution in [3.63, 3.8) is 0 Å². The number of hydrogen-bond acceptors (Lipinski definition) is 2. The number of aryl methyl sites for hydroxylation is 2. The summed E-state index contributed by atoms with van der Waals surface area (Å²) in [5, 5.41) is 24.8. The average Bonchev–Trinajstić information content (AvgIpc) is 3.68. The molecule has 2 heterocycles. The molecule has 2 aromatic heterocycles. The average molecular weight is 707 g/mol. The maximum Gasteiger partial charge on any atom is 0.416 e. The van der Waals surface area contributed by atoms with E-state index in [0.717, 1.165) is 78.2 Å². The molecular weight excluding hydrogens is 678 g/mol. The summed E-state index contributed by atoms with van der Waals surface area (Å²) in [5.41, 5.74) is 9.47. The van der Waals surface area contributed by atoms with E-state index < -0.39 is 11.7 Å². The van der Waals surface area contributed by atoms with Gasteiger partial charge in [0.2, 0.25) is 0 Å². The fourth-order valence-corrected chi connectivity index (χ4v) is 7.90. The van der Waals surface area contributed by atoms with Gasteiger partial charge >= 0.3 is 6.18 Å². The molecule has 0 aliphatic rings. The number of hydrogen-bond donors (Lipinski definition) is 0. The van der Waals surface area contributed by atoms with Crippen LogP contribution in [0.3, 0.4) is 0 Å². The number of rotatable bonds is 4. The van der Waals surface area contributed by atoms with Crippen molar-refractivity contribution < 1.29 is 13.2 Å². The van der Waals surface area contributed by atoms with Crippen LogP contribution in [-0.4, -0.2) is 9.13 Å². The van der Waals surface area contributed by atoms with Crippen LogP contribution in [0.2, 0.25) is 0 Å². The number of alkyl halides is 3. The topological polar surface area (TPSA) is 57.4 Å². The molecule has 0 N–H and O–H groups in total. The van der Waals surface area contributed by atoms with E-state index in [9.17, 15) is 23.7 Å². The lowest BCUT2D eigenvalue weighted by Gasteiger charge is -2.20. The summed E-state index contributed by atoms with van der Waals surface area (Å²) in [7, 11) is 0. The highest BCUT2D eigenvalue weighted by atomic mass is 19.4. The van der Waals surface area contributed by atoms with Crippen LogP contribution >= 0.6 is 0 Å². The van der Waals surface area contributed by atoms with Crippen LogP contribution in [0, 0.1) is 36.5 Å². The molecule has 9 aromatic rings. The molecule has 7 heteroatoms. The Labute approximate surface area is 308 Å². The molecule has 4 nitrogen and oxygen atoms in total. The molecule has 0 unspecified atom stereocenters. The number of benzene rings is 7. The highest BCUT2D eigenvalue weighted by Gasteiger charge is 2.31. The summed E-state index contributed by atoms with van der Waals surface area (Å²) in [6, 6.07) is 48.0. The minimum atomic E-state index is -4.62. The van der Waals surface area contributed by atoms with Crippen LogP contribution in [0.25, 0.3) is 77.2 Å². The van der Waals surface area contributed by atoms with Crippen molar-refractivity contribution in [3.05, 3.63) is 167 Å². The molecule has 0 atom stereocenters. The van der Waals surface area contributed by atoms with Gasteiger partial charge in [-0.2, -0.15) is 23.7 Å². The third-order valence-corrected chi connectivity index (χ3v) is 10.3. The third kappa shape index (κ3) is 5.13. The Balaban J connectivity index is 1.41. The van der Waals surface area contributed by atoms with E-state index >= 15 is 0 Å². The standard InChI is InChI=1S/C47H29F3N4/c1-28-11-18-44-39(21-28)36-7-3-5-9-42(36)53(44)33-15-17-35(34-16-14-32(47(48,49)50)24-31(34)27-52)38(25-33)41-23-30(26-51)13-20-46(41)54-43-10-6-4-8-37(43)40-22-29(2)12-19-45(40)54/h3-25H,1-2H3. The molecule has 54 heavy (non-hydrogen) atoms. The van der Waals surface area contributed by atoms with Crippen LogP contribution < -0.4 is 0 Å². The van der Waals surface area contributed by atoms with Gasteiger partial charge in [-0.1, -0.05) is 71.8 Å². The fraction of sp³-hybridized carbons (Fsp3) is 0.0638. The van der Waals surface area contributed by atoms with Gasteiger partial charge in [-0.3, -0.25) is 0 Å². The van der Waals surface area contributed by atoms with Crippen molar-refractivity contribution in [2.24, 2.45) is 0 Å². The van der Waals surface area contributed by atoms with E-state index in [-0.39, 0.29) is 5.56 Å². The lowest BCUT2D eigenvalue weighted by Crippen LogP contribution is -2.06. The molecule has 7 aromatic carbocycles. The number of nitriles is 2. The Kier molecular flexibility index (Phi) is 7.44. The smallest absolute Gasteiger partial charge is 0.309 e. The number of para-hydroxylation sites is 2. The van der Waals surface area contributed by atoms with Crippen LogP contribution in [0.1, 0.15) is 27.8 Å². The van der Waals surface area contributed by atoms with E-state index in [0.29, 0.717) is 27.8 Å². The first-order chi connectivity index (χ1) is 26.1. The Morgan fingerprint density at radius 1 is 0.481 bits per heavy atom. The Bertz CT molecular complexity index is 3090. The second kappa shape index (κ2) is 12.3. The molecule has 0 fully saturated rings. The lowest BCUT2D eigenvalue weighted by atomic mass is 9.89. The zero-order valence-corrected chi connectivity index (χ0v) is 29.2. The van der Waals surface area contributed by atoms with Crippen molar-refractivity contribution in [1.29, 1.82) is 10.5 Å². The molecule has 258 valence electrons. The van der Waals surface area contributed by atoms with E-state index in [1.807, 2.05) is 60.7 Å². The van der Waals surface area contributed by atoms with Crippen molar-refractivity contribution in [2.45, 2.75) is 20.0 Å². The fourth-order valence-electron chi connectivity index (χ4n) is 7.90. The molecule has 0 saturated carbocycles. The van der Waals surface area contributed by atoms with Crippen LogP contribution in [-0.2, 0) is 6.18 Å². The van der Waals surface area contributed by atoms with Crippen LogP contribution in [0.4, 0.5) is 13.2 Å². The van der Waals surface area contributed by atoms with Crippen molar-refractivity contribution in [2.75, 3.05) is 0 Å². The normalized spacial score (nSPS) is 11.8. The van der Waals surface area contributed by atoms with Crippen molar-refractivity contribution in [3.8, 4) is 45.8 Å². The molecule has 0 radical (unpaired) electrons. The highest BCUT2D eigenvalue weighted by molar-refractivity contribution is 6.11. The van der Waals surface area contributed by atoms with Gasteiger partial charge in [0.1, 0.15) is 0 Å². The van der Waals surface area contributed by atoms with Gasteiger partial charge in [0.15, 0.2) is 0 Å². The Morgan fingerprint density at radius 2 is 1.07 bits per heavy atom. The zero-order valence-electron chi connectivity index (χ0n) is 29.2. The first kappa shape index (κ1) is 32.8. The maximum atomic E-state index is 13.9. The van der Waals surface area contributed by atoms with Gasteiger partial charge in [-0.25, -0.2) is 0 Å². The summed E-state index contributed by atoms with van der Waals surface area (Å²) in [6.45, 7) is 4.12. The van der Waals surface area contributed by atoms with E-state index in [1.54, 1.807) is 6.07 Å². The largest absolute Gasteiger partial charge is 0.416 e.